The summed E-state index contributed by atoms with van der Waals surface area (Å²) in [5, 5.41) is 21.9. The molecule has 136 valence electrons. The van der Waals surface area contributed by atoms with Crippen LogP contribution in [0.15, 0.2) is 23.0 Å². The molecule has 0 aliphatic heterocycles. The molecule has 3 rings (SSSR count). The Balaban J connectivity index is 2.66. The fourth-order valence-electron chi connectivity index (χ4n) is 3.11. The zero-order valence-electron chi connectivity index (χ0n) is 14.5. The normalized spacial score (nSPS) is 10.9. The Kier molecular flexibility index (Phi) is 4.07. The van der Waals surface area contributed by atoms with Gasteiger partial charge in [0.2, 0.25) is 16.9 Å². The smallest absolute Gasteiger partial charge is 0.271 e. The maximum Gasteiger partial charge on any atom is 0.271 e. The van der Waals surface area contributed by atoms with Gasteiger partial charge in [-0.3, -0.25) is 14.9 Å². The molecule has 1 N–H and O–H groups in total. The molecule has 0 aliphatic rings. The number of phenolic OH excluding ortho intramolecular Hbond substituents is 1. The van der Waals surface area contributed by atoms with Gasteiger partial charge in [-0.25, -0.2) is 0 Å². The van der Waals surface area contributed by atoms with E-state index in [0.717, 1.165) is 0 Å². The molecule has 0 unspecified atom stereocenters. The van der Waals surface area contributed by atoms with Crippen molar-refractivity contribution in [1.29, 1.82) is 0 Å². The second kappa shape index (κ2) is 6.10. The molecule has 1 heterocycles. The van der Waals surface area contributed by atoms with Crippen LogP contribution in [-0.4, -0.2) is 35.9 Å². The van der Waals surface area contributed by atoms with E-state index in [-0.39, 0.29) is 45.0 Å². The number of rotatable bonds is 4. The standard InChI is InChI=1S/C17H16N2O7/c1-18-10-7-8(19(22)23)5-6-9(10)13(20)11-12(18)15(24-2)17(26-4)16(25-3)14(11)21/h5-7,21H,1-4H3. The minimum absolute atomic E-state index is 0.0247. The maximum absolute atomic E-state index is 13.0. The predicted molar refractivity (Wildman–Crippen MR) is 94.7 cm³/mol. The first-order chi connectivity index (χ1) is 12.4. The van der Waals surface area contributed by atoms with Crippen molar-refractivity contribution < 1.29 is 24.2 Å². The second-order valence-electron chi connectivity index (χ2n) is 5.52. The molecule has 0 fully saturated rings. The maximum atomic E-state index is 13.0. The number of hydrogen-bond donors (Lipinski definition) is 1. The van der Waals surface area contributed by atoms with Crippen molar-refractivity contribution in [2.75, 3.05) is 21.3 Å². The average molecular weight is 360 g/mol. The lowest BCUT2D eigenvalue weighted by molar-refractivity contribution is -0.384. The number of pyridine rings is 1. The van der Waals surface area contributed by atoms with Crippen LogP contribution in [0, 0.1) is 10.1 Å². The molecular weight excluding hydrogens is 344 g/mol. The Morgan fingerprint density at radius 1 is 1.08 bits per heavy atom. The van der Waals surface area contributed by atoms with Crippen LogP contribution >= 0.6 is 0 Å². The summed E-state index contributed by atoms with van der Waals surface area (Å²) in [5.41, 5.74) is -0.0995. The van der Waals surface area contributed by atoms with Gasteiger partial charge in [0.05, 0.1) is 37.2 Å². The summed E-state index contributed by atoms with van der Waals surface area (Å²) < 4.78 is 17.4. The van der Waals surface area contributed by atoms with E-state index in [2.05, 4.69) is 0 Å². The molecule has 26 heavy (non-hydrogen) atoms. The molecule has 0 saturated heterocycles. The van der Waals surface area contributed by atoms with Crippen LogP contribution in [0.25, 0.3) is 21.8 Å². The van der Waals surface area contributed by atoms with Crippen LogP contribution in [0.3, 0.4) is 0 Å². The van der Waals surface area contributed by atoms with Crippen molar-refractivity contribution >= 4 is 27.5 Å². The summed E-state index contributed by atoms with van der Waals surface area (Å²) in [5.74, 6) is -0.138. The van der Waals surface area contributed by atoms with Gasteiger partial charge in [0.25, 0.3) is 5.69 Å². The second-order valence-corrected chi connectivity index (χ2v) is 5.52. The lowest BCUT2D eigenvalue weighted by atomic mass is 10.1. The van der Waals surface area contributed by atoms with E-state index in [4.69, 9.17) is 14.2 Å². The quantitative estimate of drug-likeness (QED) is 0.431. The number of nitrogens with zero attached hydrogens (tertiary/aromatic N) is 2. The molecule has 0 atom stereocenters. The number of aromatic hydroxyl groups is 1. The van der Waals surface area contributed by atoms with Crippen LogP contribution in [0.5, 0.6) is 23.0 Å². The molecule has 0 radical (unpaired) electrons. The van der Waals surface area contributed by atoms with Gasteiger partial charge >= 0.3 is 0 Å². The van der Waals surface area contributed by atoms with Crippen molar-refractivity contribution in [2.24, 2.45) is 7.05 Å². The van der Waals surface area contributed by atoms with Gasteiger partial charge in [-0.05, 0) is 6.07 Å². The molecule has 0 saturated carbocycles. The van der Waals surface area contributed by atoms with Crippen LogP contribution in [-0.2, 0) is 7.05 Å². The Morgan fingerprint density at radius 3 is 2.23 bits per heavy atom. The SMILES string of the molecule is COc1c(OC)c(OC)c2c(c1O)c(=O)c1ccc([N+](=O)[O-])cc1n2C. The number of fused-ring (bicyclic) bond motifs is 2. The number of hydrogen-bond acceptors (Lipinski definition) is 7. The summed E-state index contributed by atoms with van der Waals surface area (Å²) in [6.07, 6.45) is 0. The average Bonchev–Trinajstić information content (AvgIpc) is 2.64. The third-order valence-corrected chi connectivity index (χ3v) is 4.29. The number of aryl methyl sites for hydroxylation is 1. The lowest BCUT2D eigenvalue weighted by Gasteiger charge is -2.19. The van der Waals surface area contributed by atoms with E-state index in [1.807, 2.05) is 0 Å². The molecule has 0 spiro atoms. The van der Waals surface area contributed by atoms with Gasteiger partial charge in [-0.2, -0.15) is 0 Å². The Hall–Kier alpha value is -3.49. The molecule has 9 nitrogen and oxygen atoms in total. The Morgan fingerprint density at radius 2 is 1.69 bits per heavy atom. The van der Waals surface area contributed by atoms with Gasteiger partial charge in [-0.1, -0.05) is 0 Å². The summed E-state index contributed by atoms with van der Waals surface area (Å²) in [4.78, 5) is 23.5. The molecule has 1 aromatic heterocycles. The summed E-state index contributed by atoms with van der Waals surface area (Å²) in [6, 6.07) is 3.89. The first kappa shape index (κ1) is 17.3. The topological polar surface area (TPSA) is 113 Å². The number of ether oxygens (including phenoxy) is 3. The van der Waals surface area contributed by atoms with Crippen LogP contribution in [0.4, 0.5) is 5.69 Å². The molecular formula is C17H16N2O7. The minimum atomic E-state index is -0.544. The van der Waals surface area contributed by atoms with E-state index < -0.39 is 10.4 Å². The number of nitro groups is 1. The molecule has 0 amide bonds. The molecule has 2 aromatic carbocycles. The summed E-state index contributed by atoms with van der Waals surface area (Å²) >= 11 is 0. The fraction of sp³-hybridized carbons (Fsp3) is 0.235. The molecule has 0 bridgehead atoms. The third kappa shape index (κ3) is 2.20. The highest BCUT2D eigenvalue weighted by Crippen LogP contribution is 2.49. The monoisotopic (exact) mass is 360 g/mol. The number of methoxy groups -OCH3 is 3. The molecule has 9 heteroatoms. The van der Waals surface area contributed by atoms with E-state index >= 15 is 0 Å². The van der Waals surface area contributed by atoms with Gasteiger partial charge in [-0.15, -0.1) is 0 Å². The highest BCUT2D eigenvalue weighted by molar-refractivity contribution is 6.03. The van der Waals surface area contributed by atoms with E-state index in [1.165, 1.54) is 39.5 Å². The van der Waals surface area contributed by atoms with Crippen molar-refractivity contribution in [1.82, 2.24) is 4.57 Å². The molecule has 3 aromatic rings. The van der Waals surface area contributed by atoms with Gasteiger partial charge in [0, 0.05) is 24.6 Å². The van der Waals surface area contributed by atoms with Crippen molar-refractivity contribution in [2.45, 2.75) is 0 Å². The van der Waals surface area contributed by atoms with Gasteiger partial charge in [0.15, 0.2) is 11.5 Å². The lowest BCUT2D eigenvalue weighted by Crippen LogP contribution is -2.12. The highest BCUT2D eigenvalue weighted by Gasteiger charge is 2.27. The largest absolute Gasteiger partial charge is 0.504 e. The number of benzene rings is 2. The van der Waals surface area contributed by atoms with Crippen molar-refractivity contribution in [3.8, 4) is 23.0 Å². The Bertz CT molecular complexity index is 1120. The number of aromatic nitrogens is 1. The zero-order valence-corrected chi connectivity index (χ0v) is 14.5. The minimum Gasteiger partial charge on any atom is -0.504 e. The number of nitro benzene ring substituents is 1. The van der Waals surface area contributed by atoms with Crippen LogP contribution < -0.4 is 19.6 Å². The third-order valence-electron chi connectivity index (χ3n) is 4.29. The molecule has 0 aliphatic carbocycles. The summed E-state index contributed by atoms with van der Waals surface area (Å²) in [6.45, 7) is 0. The zero-order chi connectivity index (χ0) is 19.2. The van der Waals surface area contributed by atoms with Gasteiger partial charge < -0.3 is 23.9 Å². The van der Waals surface area contributed by atoms with Crippen LogP contribution in [0.2, 0.25) is 0 Å². The van der Waals surface area contributed by atoms with Crippen LogP contribution in [0.1, 0.15) is 0 Å². The van der Waals surface area contributed by atoms with Crippen molar-refractivity contribution in [3.05, 3.63) is 38.5 Å². The van der Waals surface area contributed by atoms with Crippen molar-refractivity contribution in [3.63, 3.8) is 0 Å². The highest BCUT2D eigenvalue weighted by atomic mass is 16.6. The van der Waals surface area contributed by atoms with E-state index in [1.54, 1.807) is 11.6 Å². The van der Waals surface area contributed by atoms with E-state index in [9.17, 15) is 20.0 Å². The Labute approximate surface area is 147 Å². The summed E-state index contributed by atoms with van der Waals surface area (Å²) in [7, 11) is 5.70. The van der Waals surface area contributed by atoms with Gasteiger partial charge in [0.1, 0.15) is 5.52 Å². The number of non-ortho nitro benzene ring substituents is 1. The first-order valence-corrected chi connectivity index (χ1v) is 7.49. The fourth-order valence-corrected chi connectivity index (χ4v) is 3.11. The first-order valence-electron chi connectivity index (χ1n) is 7.49. The predicted octanol–water partition coefficient (Wildman–Crippen LogP) is 2.33. The van der Waals surface area contributed by atoms with E-state index in [0.29, 0.717) is 5.52 Å². The number of phenols is 1.